The number of phenolic OH excluding ortho intramolecular Hbond substituents is 4. The molecule has 0 spiro atoms. The van der Waals surface area contributed by atoms with Gasteiger partial charge in [0.15, 0.2) is 11.5 Å². The van der Waals surface area contributed by atoms with E-state index in [0.29, 0.717) is 29.1 Å². The molecule has 0 saturated carbocycles. The van der Waals surface area contributed by atoms with Crippen molar-refractivity contribution in [3.8, 4) is 28.7 Å². The quantitative estimate of drug-likeness (QED) is 0.480. The summed E-state index contributed by atoms with van der Waals surface area (Å²) in [5.74, 6) is 0.294. The minimum absolute atomic E-state index is 0. The molecule has 5 nitrogen and oxygen atoms in total. The molecule has 2 aromatic rings. The van der Waals surface area contributed by atoms with Crippen LogP contribution in [0.5, 0.6) is 28.7 Å². The van der Waals surface area contributed by atoms with Gasteiger partial charge in [-0.2, -0.15) is 0 Å². The largest absolute Gasteiger partial charge is 0.508 e. The molecule has 0 aromatic heterocycles. The summed E-state index contributed by atoms with van der Waals surface area (Å²) in [5.41, 5.74) is 1.18. The molecule has 0 fully saturated rings. The fraction of sp³-hybridized carbons (Fsp3) is 0.125. The molecule has 4 N–H and O–H groups in total. The first kappa shape index (κ1) is 17.3. The molecule has 1 aliphatic heterocycles. The number of ether oxygens (including phenoxy) is 1. The van der Waals surface area contributed by atoms with Gasteiger partial charge in [-0.3, -0.25) is 0 Å². The van der Waals surface area contributed by atoms with E-state index < -0.39 is 0 Å². The molecule has 6 heteroatoms. The summed E-state index contributed by atoms with van der Waals surface area (Å²) >= 11 is 0. The maximum atomic E-state index is 9.73. The summed E-state index contributed by atoms with van der Waals surface area (Å²) < 4.78 is 5.62. The van der Waals surface area contributed by atoms with E-state index in [-0.39, 0.29) is 38.8 Å². The third-order valence-electron chi connectivity index (χ3n) is 3.14. The Kier molecular flexibility index (Phi) is 4.99. The maximum Gasteiger partial charge on any atom is 0.158 e. The molecular weight excluding hydrogens is 283 g/mol. The molecular formula is C16H16BO5. The molecule has 1 aliphatic rings. The zero-order chi connectivity index (χ0) is 14.3. The van der Waals surface area contributed by atoms with Gasteiger partial charge in [-0.25, -0.2) is 0 Å². The topological polar surface area (TPSA) is 90.2 Å². The van der Waals surface area contributed by atoms with Crippen molar-refractivity contribution < 1.29 is 25.2 Å². The fourth-order valence-corrected chi connectivity index (χ4v) is 2.12. The molecule has 113 valence electrons. The summed E-state index contributed by atoms with van der Waals surface area (Å²) in [5, 5.41) is 38.0. The molecule has 0 atom stereocenters. The molecule has 2 aromatic carbocycles. The van der Waals surface area contributed by atoms with E-state index in [9.17, 15) is 20.4 Å². The minimum Gasteiger partial charge on any atom is -0.508 e. The SMILES string of the molecule is C.Oc1cc(O)c2c(c1)OC(c1ccc(O)c(O)c1)=CC2.[B]. The first-order chi connectivity index (χ1) is 9.54. The van der Waals surface area contributed by atoms with Crippen molar-refractivity contribution in [1.82, 2.24) is 0 Å². The van der Waals surface area contributed by atoms with E-state index in [1.807, 2.05) is 0 Å². The standard InChI is InChI=1S/C15H12O5.CH4.B/c16-9-6-12(18)10-2-4-14(20-15(10)7-9)8-1-3-11(17)13(19)5-8;;/h1,3-7,16-19H,2H2;1H4;. The fourth-order valence-electron chi connectivity index (χ4n) is 2.12. The van der Waals surface area contributed by atoms with Crippen molar-refractivity contribution in [2.24, 2.45) is 0 Å². The van der Waals surface area contributed by atoms with Crippen LogP contribution in [0.1, 0.15) is 18.6 Å². The van der Waals surface area contributed by atoms with Crippen molar-refractivity contribution in [3.63, 3.8) is 0 Å². The number of phenols is 4. The lowest BCUT2D eigenvalue weighted by molar-refractivity contribution is 0.402. The number of hydrogen-bond acceptors (Lipinski definition) is 5. The van der Waals surface area contributed by atoms with E-state index in [1.165, 1.54) is 24.3 Å². The molecule has 1 heterocycles. The summed E-state index contributed by atoms with van der Waals surface area (Å²) in [7, 11) is 0. The van der Waals surface area contributed by atoms with Gasteiger partial charge in [0.25, 0.3) is 0 Å². The molecule has 3 rings (SSSR count). The van der Waals surface area contributed by atoms with Crippen molar-refractivity contribution in [3.05, 3.63) is 47.5 Å². The average Bonchev–Trinajstić information content (AvgIpc) is 2.41. The molecule has 0 amide bonds. The zero-order valence-corrected chi connectivity index (χ0v) is 10.9. The maximum absolute atomic E-state index is 9.73. The Morgan fingerprint density at radius 1 is 0.864 bits per heavy atom. The third kappa shape index (κ3) is 2.95. The van der Waals surface area contributed by atoms with Crippen molar-refractivity contribution in [2.75, 3.05) is 0 Å². The van der Waals surface area contributed by atoms with E-state index in [1.54, 1.807) is 12.1 Å². The smallest absolute Gasteiger partial charge is 0.158 e. The lowest BCUT2D eigenvalue weighted by Crippen LogP contribution is -2.04. The van der Waals surface area contributed by atoms with E-state index in [2.05, 4.69) is 0 Å². The predicted octanol–water partition coefficient (Wildman–Crippen LogP) is 2.74. The highest BCUT2D eigenvalue weighted by Crippen LogP contribution is 2.39. The second-order valence-electron chi connectivity index (χ2n) is 4.52. The van der Waals surface area contributed by atoms with E-state index in [4.69, 9.17) is 4.74 Å². The normalized spacial score (nSPS) is 12.1. The van der Waals surface area contributed by atoms with Crippen LogP contribution in [0.2, 0.25) is 0 Å². The van der Waals surface area contributed by atoms with Gasteiger partial charge in [0.1, 0.15) is 23.0 Å². The number of rotatable bonds is 1. The van der Waals surface area contributed by atoms with Crippen LogP contribution >= 0.6 is 0 Å². The van der Waals surface area contributed by atoms with Crippen LogP contribution in [0, 0.1) is 0 Å². The summed E-state index contributed by atoms with van der Waals surface area (Å²) in [6, 6.07) is 7.03. The predicted molar refractivity (Wildman–Crippen MR) is 84.3 cm³/mol. The van der Waals surface area contributed by atoms with Crippen molar-refractivity contribution >= 4 is 14.2 Å². The van der Waals surface area contributed by atoms with Crippen LogP contribution in [-0.2, 0) is 6.42 Å². The Hall–Kier alpha value is -2.76. The van der Waals surface area contributed by atoms with Crippen LogP contribution < -0.4 is 4.74 Å². The van der Waals surface area contributed by atoms with Crippen molar-refractivity contribution in [1.29, 1.82) is 0 Å². The van der Waals surface area contributed by atoms with Crippen LogP contribution in [0.4, 0.5) is 0 Å². The van der Waals surface area contributed by atoms with Crippen LogP contribution in [0.15, 0.2) is 36.4 Å². The molecule has 0 unspecified atom stereocenters. The monoisotopic (exact) mass is 299 g/mol. The molecule has 0 saturated heterocycles. The third-order valence-corrected chi connectivity index (χ3v) is 3.14. The van der Waals surface area contributed by atoms with Crippen LogP contribution in [0.3, 0.4) is 0 Å². The Morgan fingerprint density at radius 2 is 1.59 bits per heavy atom. The summed E-state index contributed by atoms with van der Waals surface area (Å²) in [6.07, 6.45) is 2.20. The lowest BCUT2D eigenvalue weighted by Gasteiger charge is -2.19. The Balaban J connectivity index is 0.00000121. The molecule has 0 aliphatic carbocycles. The summed E-state index contributed by atoms with van der Waals surface area (Å²) in [4.78, 5) is 0. The average molecular weight is 299 g/mol. The Morgan fingerprint density at radius 3 is 2.27 bits per heavy atom. The number of allylic oxidation sites excluding steroid dienone is 1. The molecule has 22 heavy (non-hydrogen) atoms. The van der Waals surface area contributed by atoms with Gasteiger partial charge in [-0.15, -0.1) is 0 Å². The van der Waals surface area contributed by atoms with E-state index in [0.717, 1.165) is 0 Å². The Bertz CT molecular complexity index is 725. The van der Waals surface area contributed by atoms with Gasteiger partial charge in [0.05, 0.1) is 0 Å². The minimum atomic E-state index is -0.239. The van der Waals surface area contributed by atoms with Crippen molar-refractivity contribution in [2.45, 2.75) is 13.8 Å². The van der Waals surface area contributed by atoms with Gasteiger partial charge >= 0.3 is 0 Å². The van der Waals surface area contributed by atoms with Gasteiger partial charge in [-0.05, 0) is 24.3 Å². The zero-order valence-electron chi connectivity index (χ0n) is 10.9. The van der Waals surface area contributed by atoms with E-state index >= 15 is 0 Å². The lowest BCUT2D eigenvalue weighted by atomic mass is 10.0. The number of aromatic hydroxyl groups is 4. The van der Waals surface area contributed by atoms with Crippen LogP contribution in [0.25, 0.3) is 5.76 Å². The first-order valence-corrected chi connectivity index (χ1v) is 6.00. The van der Waals surface area contributed by atoms with Gasteiger partial charge < -0.3 is 25.2 Å². The molecule has 0 bridgehead atoms. The highest BCUT2D eigenvalue weighted by molar-refractivity contribution is 5.75. The highest BCUT2D eigenvalue weighted by atomic mass is 16.5. The van der Waals surface area contributed by atoms with Gasteiger partial charge in [0.2, 0.25) is 0 Å². The second-order valence-corrected chi connectivity index (χ2v) is 4.52. The first-order valence-electron chi connectivity index (χ1n) is 6.00. The second kappa shape index (κ2) is 6.34. The highest BCUT2D eigenvalue weighted by Gasteiger charge is 2.19. The number of benzene rings is 2. The number of hydrogen-bond donors (Lipinski definition) is 4. The number of fused-ring (bicyclic) bond motifs is 1. The van der Waals surface area contributed by atoms with Gasteiger partial charge in [-0.1, -0.05) is 7.43 Å². The van der Waals surface area contributed by atoms with Gasteiger partial charge in [0, 0.05) is 38.1 Å². The summed E-state index contributed by atoms with van der Waals surface area (Å²) in [6.45, 7) is 0. The Labute approximate surface area is 130 Å². The van der Waals surface area contributed by atoms with Crippen LogP contribution in [-0.4, -0.2) is 28.8 Å². The molecule has 3 radical (unpaired) electrons.